The largest absolute Gasteiger partial charge is 0.491 e. The van der Waals surface area contributed by atoms with Crippen LogP contribution in [0.15, 0.2) is 23.7 Å². The molecule has 2 heterocycles. The number of hydrazine groups is 1. The minimum Gasteiger partial charge on any atom is -0.491 e. The summed E-state index contributed by atoms with van der Waals surface area (Å²) in [4.78, 5) is 0. The van der Waals surface area contributed by atoms with Crippen molar-refractivity contribution in [2.45, 2.75) is 41.0 Å². The van der Waals surface area contributed by atoms with Gasteiger partial charge in [0.05, 0.1) is 19.4 Å². The van der Waals surface area contributed by atoms with Gasteiger partial charge in [0.25, 0.3) is 0 Å². The molecule has 0 aliphatic carbocycles. The molecule has 0 radical (unpaired) electrons. The van der Waals surface area contributed by atoms with Gasteiger partial charge >= 0.3 is 0 Å². The second kappa shape index (κ2) is 11.0. The quantitative estimate of drug-likeness (QED) is 0.814. The van der Waals surface area contributed by atoms with Gasteiger partial charge in [-0.05, 0) is 13.3 Å². The Hall–Kier alpha value is -1.16. The van der Waals surface area contributed by atoms with Crippen molar-refractivity contribution in [2.75, 3.05) is 19.8 Å². The van der Waals surface area contributed by atoms with Crippen LogP contribution in [0.1, 0.15) is 41.0 Å². The zero-order valence-corrected chi connectivity index (χ0v) is 12.4. The van der Waals surface area contributed by atoms with E-state index in [2.05, 4.69) is 10.9 Å². The fourth-order valence-electron chi connectivity index (χ4n) is 1.52. The first kappa shape index (κ1) is 16.8. The standard InChI is InChI=1S/C10H16N2O2.2C2H6/c1-8-4-11-12-5-10(8)14-7-9-2-3-13-6-9;2*1-2/h4-5,9,11-12H,2-3,6-7H2,1H3;2*1-2H3. The van der Waals surface area contributed by atoms with Crippen molar-refractivity contribution < 1.29 is 9.47 Å². The Morgan fingerprint density at radius 2 is 1.89 bits per heavy atom. The average Bonchev–Trinajstić information content (AvgIpc) is 2.96. The van der Waals surface area contributed by atoms with E-state index in [4.69, 9.17) is 9.47 Å². The van der Waals surface area contributed by atoms with Crippen LogP contribution >= 0.6 is 0 Å². The van der Waals surface area contributed by atoms with Crippen LogP contribution in [0.3, 0.4) is 0 Å². The molecule has 1 saturated heterocycles. The summed E-state index contributed by atoms with van der Waals surface area (Å²) < 4.78 is 11.0. The molecule has 106 valence electrons. The maximum Gasteiger partial charge on any atom is 0.141 e. The Morgan fingerprint density at radius 3 is 2.44 bits per heavy atom. The predicted molar refractivity (Wildman–Crippen MR) is 75.7 cm³/mol. The summed E-state index contributed by atoms with van der Waals surface area (Å²) in [5, 5.41) is 0. The van der Waals surface area contributed by atoms with Gasteiger partial charge in [-0.3, -0.25) is 0 Å². The molecule has 4 heteroatoms. The lowest BCUT2D eigenvalue weighted by molar-refractivity contribution is 0.138. The van der Waals surface area contributed by atoms with E-state index >= 15 is 0 Å². The fraction of sp³-hybridized carbons (Fsp3) is 0.714. The highest BCUT2D eigenvalue weighted by Gasteiger charge is 2.17. The highest BCUT2D eigenvalue weighted by atomic mass is 16.5. The number of nitrogens with one attached hydrogen (secondary N) is 2. The van der Waals surface area contributed by atoms with Crippen LogP contribution in [0, 0.1) is 5.92 Å². The minimum absolute atomic E-state index is 0.554. The summed E-state index contributed by atoms with van der Waals surface area (Å²) in [6, 6.07) is 0. The third-order valence-corrected chi connectivity index (χ3v) is 2.46. The topological polar surface area (TPSA) is 42.5 Å². The van der Waals surface area contributed by atoms with Crippen molar-refractivity contribution in [3.05, 3.63) is 23.7 Å². The van der Waals surface area contributed by atoms with Gasteiger partial charge in [0.15, 0.2) is 0 Å². The Kier molecular flexibility index (Phi) is 10.3. The van der Waals surface area contributed by atoms with E-state index in [1.165, 1.54) is 0 Å². The normalized spacial score (nSPS) is 20.8. The third kappa shape index (κ3) is 5.96. The van der Waals surface area contributed by atoms with Gasteiger partial charge in [-0.1, -0.05) is 27.7 Å². The SMILES string of the molecule is CC.CC.CC1=CNNC=C1OCC1CCOC1. The first-order chi connectivity index (χ1) is 8.86. The van der Waals surface area contributed by atoms with Crippen molar-refractivity contribution in [1.82, 2.24) is 10.9 Å². The van der Waals surface area contributed by atoms with Crippen molar-refractivity contribution >= 4 is 0 Å². The molecule has 1 atom stereocenters. The lowest BCUT2D eigenvalue weighted by atomic mass is 10.1. The number of hydrogen-bond donors (Lipinski definition) is 2. The van der Waals surface area contributed by atoms with Crippen LogP contribution in [0.2, 0.25) is 0 Å². The van der Waals surface area contributed by atoms with E-state index in [1.54, 1.807) is 0 Å². The maximum atomic E-state index is 5.69. The third-order valence-electron chi connectivity index (χ3n) is 2.46. The molecule has 2 aliphatic rings. The summed E-state index contributed by atoms with van der Waals surface area (Å²) in [6.45, 7) is 12.5. The highest BCUT2D eigenvalue weighted by molar-refractivity contribution is 5.24. The van der Waals surface area contributed by atoms with Crippen LogP contribution < -0.4 is 10.9 Å². The van der Waals surface area contributed by atoms with Gasteiger partial charge in [-0.25, -0.2) is 0 Å². The molecule has 2 N–H and O–H groups in total. The van der Waals surface area contributed by atoms with Crippen molar-refractivity contribution in [1.29, 1.82) is 0 Å². The Balaban J connectivity index is 0.000000659. The van der Waals surface area contributed by atoms with Gasteiger partial charge in [0, 0.05) is 24.3 Å². The van der Waals surface area contributed by atoms with Crippen LogP contribution in [0.25, 0.3) is 0 Å². The van der Waals surface area contributed by atoms with E-state index in [-0.39, 0.29) is 0 Å². The number of rotatable bonds is 3. The average molecular weight is 256 g/mol. The van der Waals surface area contributed by atoms with Crippen LogP contribution in [-0.4, -0.2) is 19.8 Å². The first-order valence-electron chi connectivity index (χ1n) is 6.95. The Morgan fingerprint density at radius 1 is 1.22 bits per heavy atom. The molecule has 0 aromatic carbocycles. The zero-order valence-electron chi connectivity index (χ0n) is 12.4. The van der Waals surface area contributed by atoms with E-state index in [0.29, 0.717) is 5.92 Å². The van der Waals surface area contributed by atoms with E-state index < -0.39 is 0 Å². The van der Waals surface area contributed by atoms with Crippen LogP contribution in [-0.2, 0) is 9.47 Å². The molecule has 0 aromatic rings. The highest BCUT2D eigenvalue weighted by Crippen LogP contribution is 2.17. The minimum atomic E-state index is 0.554. The molecule has 0 amide bonds. The van der Waals surface area contributed by atoms with Gasteiger partial charge in [-0.2, -0.15) is 0 Å². The summed E-state index contributed by atoms with van der Waals surface area (Å²) in [5.74, 6) is 1.47. The molecule has 0 spiro atoms. The molecular weight excluding hydrogens is 228 g/mol. The molecule has 0 saturated carbocycles. The predicted octanol–water partition coefficient (Wildman–Crippen LogP) is 2.94. The van der Waals surface area contributed by atoms with Gasteiger partial charge in [-0.15, -0.1) is 0 Å². The molecular formula is C14H28N2O2. The second-order valence-electron chi connectivity index (χ2n) is 3.67. The summed E-state index contributed by atoms with van der Waals surface area (Å²) in [5.41, 5.74) is 6.91. The molecule has 4 nitrogen and oxygen atoms in total. The molecule has 0 aromatic heterocycles. The van der Waals surface area contributed by atoms with E-state index in [1.807, 2.05) is 47.0 Å². The second-order valence-corrected chi connectivity index (χ2v) is 3.67. The summed E-state index contributed by atoms with van der Waals surface area (Å²) >= 11 is 0. The molecule has 0 bridgehead atoms. The number of ether oxygens (including phenoxy) is 2. The lowest BCUT2D eigenvalue weighted by Crippen LogP contribution is -2.26. The molecule has 18 heavy (non-hydrogen) atoms. The number of hydrogen-bond acceptors (Lipinski definition) is 4. The van der Waals surface area contributed by atoms with Gasteiger partial charge < -0.3 is 20.3 Å². The fourth-order valence-corrected chi connectivity index (χ4v) is 1.52. The smallest absolute Gasteiger partial charge is 0.141 e. The lowest BCUT2D eigenvalue weighted by Gasteiger charge is -2.17. The van der Waals surface area contributed by atoms with E-state index in [9.17, 15) is 0 Å². The Labute approximate surface area is 111 Å². The van der Waals surface area contributed by atoms with Crippen LogP contribution in [0.5, 0.6) is 0 Å². The number of allylic oxidation sites excluding steroid dienone is 1. The molecule has 1 unspecified atom stereocenters. The van der Waals surface area contributed by atoms with Crippen LogP contribution in [0.4, 0.5) is 0 Å². The van der Waals surface area contributed by atoms with Crippen molar-refractivity contribution in [3.8, 4) is 0 Å². The van der Waals surface area contributed by atoms with Gasteiger partial charge in [0.1, 0.15) is 5.76 Å². The zero-order chi connectivity index (χ0) is 13.8. The van der Waals surface area contributed by atoms with Crippen molar-refractivity contribution in [2.24, 2.45) is 5.92 Å². The summed E-state index contributed by atoms with van der Waals surface area (Å²) in [6.07, 6.45) is 4.84. The monoisotopic (exact) mass is 256 g/mol. The maximum absolute atomic E-state index is 5.69. The van der Waals surface area contributed by atoms with Gasteiger partial charge in [0.2, 0.25) is 0 Å². The van der Waals surface area contributed by atoms with Crippen molar-refractivity contribution in [3.63, 3.8) is 0 Å². The Bertz CT molecular complexity index is 257. The first-order valence-corrected chi connectivity index (χ1v) is 6.95. The van der Waals surface area contributed by atoms with E-state index in [0.717, 1.165) is 37.6 Å². The molecule has 2 rings (SSSR count). The molecule has 1 fully saturated rings. The summed E-state index contributed by atoms with van der Waals surface area (Å²) in [7, 11) is 0. The molecule has 2 aliphatic heterocycles.